The maximum Gasteiger partial charge on any atom is 0.498 e. The van der Waals surface area contributed by atoms with Gasteiger partial charge in [0.25, 0.3) is 19.7 Å². The molecule has 0 fully saturated rings. The van der Waals surface area contributed by atoms with Crippen molar-refractivity contribution in [3.05, 3.63) is 162 Å². The number of ketones is 3. The summed E-state index contributed by atoms with van der Waals surface area (Å²) in [6, 6.07) is 49.5. The molecule has 6 aromatic rings. The minimum Gasteiger partial charge on any atom is -0.295 e. The first-order chi connectivity index (χ1) is 30.4. The van der Waals surface area contributed by atoms with Crippen LogP contribution in [0.15, 0.2) is 190 Å². The second kappa shape index (κ2) is 21.2. The third-order valence-electron chi connectivity index (χ3n) is 9.19. The quantitative estimate of drug-likeness (QED) is 0.0593. The van der Waals surface area contributed by atoms with Crippen LogP contribution < -0.4 is 0 Å². The number of carbonyl (C=O) groups is 3. The summed E-state index contributed by atoms with van der Waals surface area (Å²) in [5, 5.41) is 0. The maximum absolute atomic E-state index is 11.8. The highest BCUT2D eigenvalue weighted by Crippen LogP contribution is 2.39. The summed E-state index contributed by atoms with van der Waals surface area (Å²) in [6.45, 7) is 4.56. The van der Waals surface area contributed by atoms with Gasteiger partial charge >= 0.3 is 11.0 Å². The number of benzene rings is 6. The molecule has 0 bridgehead atoms. The largest absolute Gasteiger partial charge is 0.498 e. The van der Waals surface area contributed by atoms with Crippen LogP contribution in [-0.2, 0) is 30.6 Å². The van der Waals surface area contributed by atoms with Crippen LogP contribution in [0.2, 0.25) is 0 Å². The molecule has 0 spiro atoms. The van der Waals surface area contributed by atoms with Gasteiger partial charge in [0, 0.05) is 46.1 Å². The van der Waals surface area contributed by atoms with Crippen molar-refractivity contribution in [3.8, 4) is 0 Å². The molecule has 0 saturated heterocycles. The summed E-state index contributed by atoms with van der Waals surface area (Å²) in [6.07, 6.45) is 0. The first kappa shape index (κ1) is 51.2. The lowest BCUT2D eigenvalue weighted by Crippen LogP contribution is -2.43. The van der Waals surface area contributed by atoms with Crippen molar-refractivity contribution in [2.75, 3.05) is 0 Å². The standard InChI is InChI=1S/C42H33O3S4.C4H4F6O4S2/c1-28(43)31-4-10-34(11-5-31)46-37-16-22-40(23-17-37)49(41-24-18-38(19-25-41)47-35-12-6-32(7-13-35)29(2)44)42-26-20-39(21-27-42)48-36-14-8-33(9-15-36)30(3)45;1-2(15(11,12)3(5,6)7)16(13,14)4(8,9)10/h4-27H,1-3H3;2H,1H3/q+1;. The van der Waals surface area contributed by atoms with Crippen LogP contribution in [0.25, 0.3) is 0 Å². The molecule has 0 atom stereocenters. The van der Waals surface area contributed by atoms with Crippen molar-refractivity contribution in [2.45, 2.75) is 87.4 Å². The van der Waals surface area contributed by atoms with Crippen molar-refractivity contribution in [1.82, 2.24) is 0 Å². The highest BCUT2D eigenvalue weighted by molar-refractivity contribution is 8.09. The Kier molecular flexibility index (Phi) is 16.7. The van der Waals surface area contributed by atoms with Crippen molar-refractivity contribution in [1.29, 1.82) is 0 Å². The fraction of sp³-hybridized carbons (Fsp3) is 0.152. The van der Waals surface area contributed by atoms with E-state index in [1.54, 1.807) is 56.1 Å². The number of alkyl halides is 6. The summed E-state index contributed by atoms with van der Waals surface area (Å²) >= 11 is 5.04. The molecule has 0 amide bonds. The van der Waals surface area contributed by atoms with E-state index in [4.69, 9.17) is 0 Å². The summed E-state index contributed by atoms with van der Waals surface area (Å²) in [7, 11) is -13.2. The second-order valence-corrected chi connectivity index (χ2v) is 24.1. The lowest BCUT2D eigenvalue weighted by Gasteiger charge is -2.17. The van der Waals surface area contributed by atoms with E-state index >= 15 is 0 Å². The van der Waals surface area contributed by atoms with Gasteiger partial charge in [-0.2, -0.15) is 26.3 Å². The third kappa shape index (κ3) is 13.2. The molecule has 0 aliphatic carbocycles. The number of carbonyl (C=O) groups excluding carboxylic acids is 3. The zero-order valence-electron chi connectivity index (χ0n) is 34.5. The van der Waals surface area contributed by atoms with E-state index < -0.39 is 35.3 Å². The Balaban J connectivity index is 0.000000423. The summed E-state index contributed by atoms with van der Waals surface area (Å²) < 4.78 is 109. The Bertz CT molecular complexity index is 2560. The monoisotopic (exact) mass is 1010 g/mol. The molecular formula is C46H37F6O7S6+. The highest BCUT2D eigenvalue weighted by atomic mass is 32.3. The fourth-order valence-corrected chi connectivity index (χ4v) is 12.8. The van der Waals surface area contributed by atoms with Gasteiger partial charge in [-0.05, 0) is 137 Å². The number of sulfone groups is 2. The molecule has 19 heteroatoms. The second-order valence-electron chi connectivity index (χ2n) is 13.8. The van der Waals surface area contributed by atoms with E-state index in [0.29, 0.717) is 16.7 Å². The summed E-state index contributed by atoms with van der Waals surface area (Å²) in [4.78, 5) is 45.4. The molecule has 65 heavy (non-hydrogen) atoms. The van der Waals surface area contributed by atoms with Crippen molar-refractivity contribution in [3.63, 3.8) is 0 Å². The predicted molar refractivity (Wildman–Crippen MR) is 243 cm³/mol. The number of hydrogen-bond acceptors (Lipinski definition) is 10. The zero-order chi connectivity index (χ0) is 47.9. The van der Waals surface area contributed by atoms with Crippen LogP contribution in [0.4, 0.5) is 26.3 Å². The number of rotatable bonds is 14. The van der Waals surface area contributed by atoms with Gasteiger partial charge < -0.3 is 0 Å². The molecule has 0 unspecified atom stereocenters. The summed E-state index contributed by atoms with van der Waals surface area (Å²) in [5.41, 5.74) is -9.98. The van der Waals surface area contributed by atoms with Gasteiger partial charge in [-0.1, -0.05) is 71.7 Å². The van der Waals surface area contributed by atoms with Crippen LogP contribution in [0, 0.1) is 0 Å². The lowest BCUT2D eigenvalue weighted by atomic mass is 10.2. The first-order valence-corrected chi connectivity index (χ1v) is 25.7. The minimum atomic E-state index is -6.43. The first-order valence-electron chi connectivity index (χ1n) is 18.9. The molecule has 0 heterocycles. The van der Waals surface area contributed by atoms with E-state index in [1.165, 1.54) is 14.7 Å². The Morgan fingerprint density at radius 2 is 0.585 bits per heavy atom. The Hall–Kier alpha value is -4.79. The van der Waals surface area contributed by atoms with Gasteiger partial charge in [0.1, 0.15) is 0 Å². The smallest absolute Gasteiger partial charge is 0.295 e. The van der Waals surface area contributed by atoms with Crippen LogP contribution in [0.3, 0.4) is 0 Å². The predicted octanol–water partition coefficient (Wildman–Crippen LogP) is 13.0. The molecule has 0 aromatic heterocycles. The zero-order valence-corrected chi connectivity index (χ0v) is 39.4. The molecule has 0 radical (unpaired) electrons. The van der Waals surface area contributed by atoms with E-state index in [-0.39, 0.29) is 35.2 Å². The van der Waals surface area contributed by atoms with Crippen molar-refractivity contribution < 1.29 is 57.6 Å². The van der Waals surface area contributed by atoms with Crippen LogP contribution in [0.5, 0.6) is 0 Å². The molecule has 0 aliphatic heterocycles. The third-order valence-corrected chi connectivity index (χ3v) is 19.0. The molecule has 0 N–H and O–H groups in total. The molecule has 0 aliphatic rings. The Morgan fingerprint density at radius 1 is 0.400 bits per heavy atom. The average Bonchev–Trinajstić information content (AvgIpc) is 3.25. The number of halogens is 6. The Morgan fingerprint density at radius 3 is 0.754 bits per heavy atom. The van der Waals surface area contributed by atoms with Crippen molar-refractivity contribution in [2.24, 2.45) is 0 Å². The Labute approximate surface area is 388 Å². The van der Waals surface area contributed by atoms with Gasteiger partial charge in [0.05, 0.1) is 10.9 Å². The number of Topliss-reactive ketones (excluding diaryl/α,β-unsaturated/α-hetero) is 3. The lowest BCUT2D eigenvalue weighted by molar-refractivity contribution is -0.0469. The van der Waals surface area contributed by atoms with Crippen LogP contribution in [-0.4, -0.2) is 49.8 Å². The van der Waals surface area contributed by atoms with Crippen LogP contribution in [0.1, 0.15) is 58.8 Å². The van der Waals surface area contributed by atoms with Crippen LogP contribution >= 0.6 is 35.3 Å². The molecular weight excluding hydrogens is 971 g/mol. The molecule has 340 valence electrons. The van der Waals surface area contributed by atoms with Gasteiger partial charge in [-0.3, -0.25) is 14.4 Å². The maximum atomic E-state index is 11.8. The van der Waals surface area contributed by atoms with E-state index in [9.17, 15) is 57.6 Å². The van der Waals surface area contributed by atoms with Crippen molar-refractivity contribution >= 4 is 83.2 Å². The highest BCUT2D eigenvalue weighted by Gasteiger charge is 2.60. The van der Waals surface area contributed by atoms with E-state index in [1.807, 2.05) is 72.8 Å². The van der Waals surface area contributed by atoms with Gasteiger partial charge in [0.15, 0.2) is 36.6 Å². The normalized spacial score (nSPS) is 12.1. The van der Waals surface area contributed by atoms with Gasteiger partial charge in [0.2, 0.25) is 0 Å². The number of hydrogen-bond donors (Lipinski definition) is 0. The molecule has 0 saturated carbocycles. The topological polar surface area (TPSA) is 119 Å². The van der Waals surface area contributed by atoms with Gasteiger partial charge in [-0.25, -0.2) is 16.8 Å². The van der Waals surface area contributed by atoms with E-state index in [0.717, 1.165) is 29.4 Å². The van der Waals surface area contributed by atoms with Gasteiger partial charge in [-0.15, -0.1) is 0 Å². The fourth-order valence-electron chi connectivity index (χ4n) is 5.56. The van der Waals surface area contributed by atoms with E-state index in [2.05, 4.69) is 72.8 Å². The molecule has 7 nitrogen and oxygen atoms in total. The molecule has 6 rings (SSSR count). The summed E-state index contributed by atoms with van der Waals surface area (Å²) in [5.74, 6) is 0.202. The SMILES string of the molecule is CC(=O)c1ccc(Sc2ccc([S+](c3ccc(Sc4ccc(C(C)=O)cc4)cc3)c3ccc(Sc4ccc(C(C)=O)cc4)cc3)cc2)cc1.CC(S(=O)(=O)C(F)(F)F)S(=O)(=O)C(F)(F)F. The molecule has 6 aromatic carbocycles. The minimum absolute atomic E-state index is 0.0674. The average molecular weight is 1010 g/mol.